The lowest BCUT2D eigenvalue weighted by Crippen LogP contribution is -2.29. The molecule has 0 atom stereocenters. The van der Waals surface area contributed by atoms with Crippen LogP contribution in [0.4, 0.5) is 5.69 Å². The fourth-order valence-corrected chi connectivity index (χ4v) is 3.59. The fourth-order valence-electron chi connectivity index (χ4n) is 2.35. The molecule has 0 aliphatic carbocycles. The number of aryl methyl sites for hydroxylation is 1. The lowest BCUT2D eigenvalue weighted by Gasteiger charge is -2.21. The Hall–Kier alpha value is -1.07. The number of rotatable bonds is 5. The van der Waals surface area contributed by atoms with Crippen LogP contribution in [0.2, 0.25) is 0 Å². The number of fused-ring (bicyclic) bond motifs is 1. The highest BCUT2D eigenvalue weighted by Gasteiger charge is 2.22. The molecule has 1 aliphatic heterocycles. The molecule has 2 rings (SSSR count). The standard InChI is InChI=1S/C15H24N2O2S/c1-12(2)8-10-17(3)20(18,19)14-6-7-15-13(11-14)5-4-9-16-15/h6-7,11-12,16H,4-5,8-10H2,1-3H3. The van der Waals surface area contributed by atoms with Gasteiger partial charge < -0.3 is 5.32 Å². The largest absolute Gasteiger partial charge is 0.385 e. The maximum atomic E-state index is 12.5. The average molecular weight is 296 g/mol. The quantitative estimate of drug-likeness (QED) is 0.909. The van der Waals surface area contributed by atoms with E-state index in [4.69, 9.17) is 0 Å². The third-order valence-electron chi connectivity index (χ3n) is 3.74. The Kier molecular flexibility index (Phi) is 4.70. The molecular weight excluding hydrogens is 272 g/mol. The van der Waals surface area contributed by atoms with Gasteiger partial charge in [0.05, 0.1) is 4.90 Å². The van der Waals surface area contributed by atoms with Gasteiger partial charge in [0.25, 0.3) is 0 Å². The lowest BCUT2D eigenvalue weighted by molar-refractivity contribution is 0.428. The second-order valence-corrected chi connectivity index (χ2v) is 7.90. The summed E-state index contributed by atoms with van der Waals surface area (Å²) in [6.45, 7) is 5.73. The van der Waals surface area contributed by atoms with Crippen molar-refractivity contribution in [2.24, 2.45) is 5.92 Å². The van der Waals surface area contributed by atoms with E-state index in [1.165, 1.54) is 4.31 Å². The minimum Gasteiger partial charge on any atom is -0.385 e. The molecule has 0 unspecified atom stereocenters. The second-order valence-electron chi connectivity index (χ2n) is 5.86. The first-order valence-electron chi connectivity index (χ1n) is 7.24. The molecule has 1 aliphatic rings. The van der Waals surface area contributed by atoms with Crippen LogP contribution in [0.3, 0.4) is 0 Å². The summed E-state index contributed by atoms with van der Waals surface area (Å²) in [6.07, 6.45) is 2.88. The van der Waals surface area contributed by atoms with Crippen molar-refractivity contribution in [1.29, 1.82) is 0 Å². The smallest absolute Gasteiger partial charge is 0.242 e. The fraction of sp³-hybridized carbons (Fsp3) is 0.600. The molecule has 20 heavy (non-hydrogen) atoms. The van der Waals surface area contributed by atoms with Crippen LogP contribution in [0.25, 0.3) is 0 Å². The molecule has 5 heteroatoms. The Labute approximate surface area is 122 Å². The highest BCUT2D eigenvalue weighted by atomic mass is 32.2. The Morgan fingerprint density at radius 2 is 2.10 bits per heavy atom. The van der Waals surface area contributed by atoms with E-state index in [9.17, 15) is 8.42 Å². The number of anilines is 1. The summed E-state index contributed by atoms with van der Waals surface area (Å²) < 4.78 is 26.5. The topological polar surface area (TPSA) is 49.4 Å². The van der Waals surface area contributed by atoms with Gasteiger partial charge in [0.2, 0.25) is 10.0 Å². The van der Waals surface area contributed by atoms with Gasteiger partial charge in [-0.3, -0.25) is 0 Å². The summed E-state index contributed by atoms with van der Waals surface area (Å²) in [7, 11) is -1.70. The van der Waals surface area contributed by atoms with Crippen LogP contribution in [-0.2, 0) is 16.4 Å². The normalized spacial score (nSPS) is 15.2. The number of sulfonamides is 1. The maximum absolute atomic E-state index is 12.5. The van der Waals surface area contributed by atoms with Crippen molar-refractivity contribution in [2.45, 2.75) is 38.0 Å². The number of nitrogens with one attached hydrogen (secondary N) is 1. The van der Waals surface area contributed by atoms with Gasteiger partial charge in [-0.05, 0) is 48.9 Å². The molecule has 0 amide bonds. The highest BCUT2D eigenvalue weighted by Crippen LogP contribution is 2.26. The van der Waals surface area contributed by atoms with Gasteiger partial charge >= 0.3 is 0 Å². The molecule has 0 radical (unpaired) electrons. The van der Waals surface area contributed by atoms with Gasteiger partial charge in [0.1, 0.15) is 0 Å². The van der Waals surface area contributed by atoms with Crippen molar-refractivity contribution in [3.8, 4) is 0 Å². The summed E-state index contributed by atoms with van der Waals surface area (Å²) in [5.74, 6) is 0.500. The van der Waals surface area contributed by atoms with Gasteiger partial charge in [-0.2, -0.15) is 0 Å². The van der Waals surface area contributed by atoms with Gasteiger partial charge in [0.15, 0.2) is 0 Å². The maximum Gasteiger partial charge on any atom is 0.242 e. The predicted octanol–water partition coefficient (Wildman–Crippen LogP) is 2.71. The van der Waals surface area contributed by atoms with Crippen molar-refractivity contribution in [3.63, 3.8) is 0 Å². The van der Waals surface area contributed by atoms with Crippen LogP contribution in [0.1, 0.15) is 32.3 Å². The molecule has 0 bridgehead atoms. The van der Waals surface area contributed by atoms with Crippen LogP contribution in [0.15, 0.2) is 23.1 Å². The van der Waals surface area contributed by atoms with Gasteiger partial charge in [-0.1, -0.05) is 13.8 Å². The first-order chi connectivity index (χ1) is 9.41. The average Bonchev–Trinajstić information content (AvgIpc) is 2.44. The van der Waals surface area contributed by atoms with Crippen molar-refractivity contribution < 1.29 is 8.42 Å². The van der Waals surface area contributed by atoms with E-state index in [1.54, 1.807) is 13.1 Å². The minimum absolute atomic E-state index is 0.409. The summed E-state index contributed by atoms with van der Waals surface area (Å²) in [5.41, 5.74) is 2.18. The third kappa shape index (κ3) is 3.33. The number of hydrogen-bond acceptors (Lipinski definition) is 3. The van der Waals surface area contributed by atoms with E-state index in [2.05, 4.69) is 19.2 Å². The van der Waals surface area contributed by atoms with E-state index in [1.807, 2.05) is 12.1 Å². The Balaban J connectivity index is 2.20. The summed E-state index contributed by atoms with van der Waals surface area (Å²) in [4.78, 5) is 0.409. The highest BCUT2D eigenvalue weighted by molar-refractivity contribution is 7.89. The van der Waals surface area contributed by atoms with Crippen molar-refractivity contribution >= 4 is 15.7 Å². The monoisotopic (exact) mass is 296 g/mol. The molecule has 0 saturated carbocycles. The number of hydrogen-bond donors (Lipinski definition) is 1. The SMILES string of the molecule is CC(C)CCN(C)S(=O)(=O)c1ccc2c(c1)CCCN2. The van der Waals surface area contributed by atoms with Gasteiger partial charge in [0, 0.05) is 25.8 Å². The van der Waals surface area contributed by atoms with Crippen LogP contribution in [0, 0.1) is 5.92 Å². The molecule has 1 N–H and O–H groups in total. The zero-order valence-corrected chi connectivity index (χ0v) is 13.3. The molecule has 1 heterocycles. The zero-order chi connectivity index (χ0) is 14.8. The molecular formula is C15H24N2O2S. The molecule has 0 spiro atoms. The van der Waals surface area contributed by atoms with E-state index in [0.29, 0.717) is 17.4 Å². The van der Waals surface area contributed by atoms with Crippen LogP contribution in [-0.4, -0.2) is 32.9 Å². The van der Waals surface area contributed by atoms with E-state index in [0.717, 1.165) is 37.1 Å². The van der Waals surface area contributed by atoms with Crippen LogP contribution in [0.5, 0.6) is 0 Å². The van der Waals surface area contributed by atoms with Gasteiger partial charge in [-0.25, -0.2) is 12.7 Å². The lowest BCUT2D eigenvalue weighted by atomic mass is 10.0. The van der Waals surface area contributed by atoms with E-state index in [-0.39, 0.29) is 0 Å². The second kappa shape index (κ2) is 6.14. The van der Waals surface area contributed by atoms with Crippen LogP contribution >= 0.6 is 0 Å². The number of nitrogens with zero attached hydrogens (tertiary/aromatic N) is 1. The Bertz CT molecular complexity index is 567. The first-order valence-corrected chi connectivity index (χ1v) is 8.68. The minimum atomic E-state index is -3.36. The number of benzene rings is 1. The molecule has 1 aromatic rings. The summed E-state index contributed by atoms with van der Waals surface area (Å²) in [5, 5.41) is 3.30. The Morgan fingerprint density at radius 3 is 2.80 bits per heavy atom. The zero-order valence-electron chi connectivity index (χ0n) is 12.5. The van der Waals surface area contributed by atoms with Crippen molar-refractivity contribution in [2.75, 3.05) is 25.5 Å². The summed E-state index contributed by atoms with van der Waals surface area (Å²) in [6, 6.07) is 5.42. The van der Waals surface area contributed by atoms with E-state index >= 15 is 0 Å². The van der Waals surface area contributed by atoms with Gasteiger partial charge in [-0.15, -0.1) is 0 Å². The molecule has 112 valence electrons. The molecule has 0 saturated heterocycles. The summed E-state index contributed by atoms with van der Waals surface area (Å²) >= 11 is 0. The molecule has 1 aromatic carbocycles. The Morgan fingerprint density at radius 1 is 1.35 bits per heavy atom. The van der Waals surface area contributed by atoms with Crippen molar-refractivity contribution in [3.05, 3.63) is 23.8 Å². The van der Waals surface area contributed by atoms with Crippen molar-refractivity contribution in [1.82, 2.24) is 4.31 Å². The molecule has 0 aromatic heterocycles. The predicted molar refractivity (Wildman–Crippen MR) is 82.5 cm³/mol. The first kappa shape index (κ1) is 15.3. The van der Waals surface area contributed by atoms with Crippen LogP contribution < -0.4 is 5.32 Å². The van der Waals surface area contributed by atoms with E-state index < -0.39 is 10.0 Å². The molecule has 4 nitrogen and oxygen atoms in total. The molecule has 0 fully saturated rings. The third-order valence-corrected chi connectivity index (χ3v) is 5.60.